The molecular formula is C18H21Cl2N3O3. The summed E-state index contributed by atoms with van der Waals surface area (Å²) in [5.74, 6) is -0.368. The van der Waals surface area contributed by atoms with E-state index in [9.17, 15) is 9.59 Å². The lowest BCUT2D eigenvalue weighted by Gasteiger charge is -2.29. The van der Waals surface area contributed by atoms with Crippen molar-refractivity contribution in [1.29, 1.82) is 0 Å². The number of halogens is 2. The van der Waals surface area contributed by atoms with Crippen molar-refractivity contribution in [1.82, 2.24) is 15.8 Å². The van der Waals surface area contributed by atoms with Crippen molar-refractivity contribution >= 4 is 35.0 Å². The van der Waals surface area contributed by atoms with Gasteiger partial charge in [-0.2, -0.15) is 0 Å². The number of furan rings is 1. The van der Waals surface area contributed by atoms with Crippen LogP contribution in [0.2, 0.25) is 10.0 Å². The number of amides is 2. The summed E-state index contributed by atoms with van der Waals surface area (Å²) in [5, 5.41) is 0.881. The highest BCUT2D eigenvalue weighted by molar-refractivity contribution is 6.34. The molecule has 2 aromatic rings. The lowest BCUT2D eigenvalue weighted by molar-refractivity contribution is -0.127. The molecule has 6 nitrogen and oxygen atoms in total. The molecule has 1 aromatic carbocycles. The van der Waals surface area contributed by atoms with Gasteiger partial charge in [0, 0.05) is 10.0 Å². The molecule has 1 atom stereocenters. The van der Waals surface area contributed by atoms with Gasteiger partial charge in [0.25, 0.3) is 11.8 Å². The first-order valence-electron chi connectivity index (χ1n) is 8.21. The molecule has 0 fully saturated rings. The predicted octanol–water partition coefficient (Wildman–Crippen LogP) is 3.74. The van der Waals surface area contributed by atoms with Gasteiger partial charge in [0.15, 0.2) is 0 Å². The zero-order valence-corrected chi connectivity index (χ0v) is 16.3. The molecule has 1 aromatic heterocycles. The Morgan fingerprint density at radius 1 is 1.12 bits per heavy atom. The summed E-state index contributed by atoms with van der Waals surface area (Å²) in [4.78, 5) is 26.9. The third kappa shape index (κ3) is 4.78. The van der Waals surface area contributed by atoms with Gasteiger partial charge in [-0.05, 0) is 49.8 Å². The largest absolute Gasteiger partial charge is 0.469 e. The number of nitrogens with one attached hydrogen (secondary N) is 2. The van der Waals surface area contributed by atoms with E-state index in [-0.39, 0.29) is 5.91 Å². The first kappa shape index (κ1) is 20.3. The number of hydrogen-bond donors (Lipinski definition) is 2. The molecule has 1 heterocycles. The number of benzene rings is 1. The number of carbonyl (C=O) groups excluding carboxylic acids is 2. The Morgan fingerprint density at radius 2 is 1.73 bits per heavy atom. The molecule has 0 saturated heterocycles. The van der Waals surface area contributed by atoms with Crippen LogP contribution in [0, 0.1) is 6.92 Å². The van der Waals surface area contributed by atoms with Gasteiger partial charge in [-0.1, -0.05) is 37.0 Å². The second kappa shape index (κ2) is 9.07. The van der Waals surface area contributed by atoms with Gasteiger partial charge in [-0.15, -0.1) is 0 Å². The Kier molecular flexibility index (Phi) is 7.08. The van der Waals surface area contributed by atoms with E-state index in [1.807, 2.05) is 18.7 Å². The molecule has 2 N–H and O–H groups in total. The summed E-state index contributed by atoms with van der Waals surface area (Å²) in [5.41, 5.74) is 5.90. The van der Waals surface area contributed by atoms with Gasteiger partial charge in [0.2, 0.25) is 0 Å². The molecule has 2 amide bonds. The van der Waals surface area contributed by atoms with Crippen LogP contribution in [0.3, 0.4) is 0 Å². The minimum atomic E-state index is -0.646. The third-order valence-corrected chi connectivity index (χ3v) is 4.47. The summed E-state index contributed by atoms with van der Waals surface area (Å²) in [6.45, 7) is 6.83. The van der Waals surface area contributed by atoms with E-state index < -0.39 is 11.9 Å². The lowest BCUT2D eigenvalue weighted by Crippen LogP contribution is -2.48. The summed E-state index contributed by atoms with van der Waals surface area (Å²) >= 11 is 12.2. The van der Waals surface area contributed by atoms with Crippen molar-refractivity contribution in [2.24, 2.45) is 0 Å². The second-order valence-electron chi connectivity index (χ2n) is 5.66. The third-order valence-electron chi connectivity index (χ3n) is 4.03. The Morgan fingerprint density at radius 3 is 2.23 bits per heavy atom. The smallest absolute Gasteiger partial charge is 0.273 e. The van der Waals surface area contributed by atoms with Crippen LogP contribution in [0.4, 0.5) is 0 Å². The number of aryl methyl sites for hydroxylation is 1. The van der Waals surface area contributed by atoms with Crippen molar-refractivity contribution < 1.29 is 14.0 Å². The molecule has 0 radical (unpaired) electrons. The molecule has 0 aliphatic heterocycles. The Bertz CT molecular complexity index is 767. The number of carbonyl (C=O) groups is 2. The number of nitrogens with zero attached hydrogens (tertiary/aromatic N) is 1. The molecule has 0 aliphatic carbocycles. The van der Waals surface area contributed by atoms with Crippen molar-refractivity contribution in [3.05, 3.63) is 57.5 Å². The highest BCUT2D eigenvalue weighted by atomic mass is 35.5. The highest BCUT2D eigenvalue weighted by Gasteiger charge is 2.27. The maximum atomic E-state index is 12.8. The predicted molar refractivity (Wildman–Crippen MR) is 101 cm³/mol. The van der Waals surface area contributed by atoms with Crippen LogP contribution >= 0.6 is 23.2 Å². The first-order chi connectivity index (χ1) is 12.4. The average molecular weight is 398 g/mol. The molecule has 0 unspecified atom stereocenters. The van der Waals surface area contributed by atoms with Crippen LogP contribution < -0.4 is 10.9 Å². The number of rotatable bonds is 6. The van der Waals surface area contributed by atoms with Crippen LogP contribution in [-0.2, 0) is 4.79 Å². The molecule has 140 valence electrons. The van der Waals surface area contributed by atoms with Crippen molar-refractivity contribution in [3.63, 3.8) is 0 Å². The molecule has 0 bridgehead atoms. The Balaban J connectivity index is 2.20. The molecule has 26 heavy (non-hydrogen) atoms. The van der Waals surface area contributed by atoms with E-state index in [2.05, 4.69) is 10.9 Å². The Hall–Kier alpha value is -2.02. The zero-order chi connectivity index (χ0) is 19.3. The van der Waals surface area contributed by atoms with E-state index in [0.29, 0.717) is 40.0 Å². The van der Waals surface area contributed by atoms with E-state index in [1.165, 1.54) is 12.3 Å². The minimum Gasteiger partial charge on any atom is -0.469 e. The van der Waals surface area contributed by atoms with E-state index in [4.69, 9.17) is 27.6 Å². The van der Waals surface area contributed by atoms with Crippen LogP contribution in [0.1, 0.15) is 41.6 Å². The van der Waals surface area contributed by atoms with Crippen LogP contribution in [0.5, 0.6) is 0 Å². The minimum absolute atomic E-state index is 0.357. The van der Waals surface area contributed by atoms with Crippen molar-refractivity contribution in [3.8, 4) is 0 Å². The maximum Gasteiger partial charge on any atom is 0.273 e. The molecule has 0 aliphatic rings. The molecule has 2 rings (SSSR count). The van der Waals surface area contributed by atoms with Crippen LogP contribution in [0.25, 0.3) is 0 Å². The SMILES string of the molecule is CCN(CC)[C@H](C(=O)NNC(=O)c1ccoc1C)c1cc(Cl)cc(Cl)c1. The standard InChI is InChI=1S/C18H21Cl2N3O3/c1-4-23(5-2)16(12-8-13(19)10-14(20)9-12)18(25)22-21-17(24)15-6-7-26-11(15)3/h6-10,16H,4-5H2,1-3H3,(H,21,24)(H,22,25)/t16-/m0/s1. The van der Waals surface area contributed by atoms with Gasteiger partial charge in [0.05, 0.1) is 11.8 Å². The summed E-state index contributed by atoms with van der Waals surface area (Å²) < 4.78 is 5.10. The van der Waals surface area contributed by atoms with E-state index in [1.54, 1.807) is 25.1 Å². The first-order valence-corrected chi connectivity index (χ1v) is 8.97. The zero-order valence-electron chi connectivity index (χ0n) is 14.8. The number of hydrogen-bond acceptors (Lipinski definition) is 4. The fourth-order valence-electron chi connectivity index (χ4n) is 2.72. The fourth-order valence-corrected chi connectivity index (χ4v) is 3.27. The quantitative estimate of drug-likeness (QED) is 0.727. The van der Waals surface area contributed by atoms with Gasteiger partial charge < -0.3 is 4.42 Å². The van der Waals surface area contributed by atoms with Gasteiger partial charge in [-0.3, -0.25) is 25.3 Å². The van der Waals surface area contributed by atoms with Gasteiger partial charge in [-0.25, -0.2) is 0 Å². The second-order valence-corrected chi connectivity index (χ2v) is 6.53. The molecular weight excluding hydrogens is 377 g/mol. The maximum absolute atomic E-state index is 12.8. The summed E-state index contributed by atoms with van der Waals surface area (Å²) in [6, 6.07) is 5.88. The topological polar surface area (TPSA) is 74.6 Å². The summed E-state index contributed by atoms with van der Waals surface area (Å²) in [6.07, 6.45) is 1.42. The molecule has 0 spiro atoms. The average Bonchev–Trinajstić information content (AvgIpc) is 3.02. The normalized spacial score (nSPS) is 12.1. The molecule has 0 saturated carbocycles. The summed E-state index contributed by atoms with van der Waals surface area (Å²) in [7, 11) is 0. The van der Waals surface area contributed by atoms with E-state index >= 15 is 0 Å². The lowest BCUT2D eigenvalue weighted by atomic mass is 10.0. The van der Waals surface area contributed by atoms with E-state index in [0.717, 1.165) is 0 Å². The van der Waals surface area contributed by atoms with Gasteiger partial charge in [0.1, 0.15) is 11.8 Å². The van der Waals surface area contributed by atoms with Crippen molar-refractivity contribution in [2.45, 2.75) is 26.8 Å². The number of likely N-dealkylation sites (N-methyl/N-ethyl adjacent to an activating group) is 1. The number of hydrazine groups is 1. The highest BCUT2D eigenvalue weighted by Crippen LogP contribution is 2.27. The van der Waals surface area contributed by atoms with Gasteiger partial charge >= 0.3 is 0 Å². The van der Waals surface area contributed by atoms with Crippen molar-refractivity contribution in [2.75, 3.05) is 13.1 Å². The Labute approximate surface area is 162 Å². The van der Waals surface area contributed by atoms with Crippen LogP contribution in [-0.4, -0.2) is 29.8 Å². The van der Waals surface area contributed by atoms with Crippen LogP contribution in [0.15, 0.2) is 34.9 Å². The molecule has 8 heteroatoms. The fraction of sp³-hybridized carbons (Fsp3) is 0.333. The monoisotopic (exact) mass is 397 g/mol.